The van der Waals surface area contributed by atoms with Crippen LogP contribution < -0.4 is 5.32 Å². The summed E-state index contributed by atoms with van der Waals surface area (Å²) in [7, 11) is 0. The molecule has 7 nitrogen and oxygen atoms in total. The number of carboxylic acid groups (broad SMARTS) is 1. The SMILES string of the molecule is O=C(O)c1ccccc1NC(=O)[C@H]1CCCN1C(=O)OCC1c2ccccc2-c2ccccc21. The Morgan fingerprint density at radius 1 is 0.912 bits per heavy atom. The summed E-state index contributed by atoms with van der Waals surface area (Å²) in [6.45, 7) is 0.592. The topological polar surface area (TPSA) is 95.9 Å². The normalized spacial score (nSPS) is 16.6. The Labute approximate surface area is 197 Å². The van der Waals surface area contributed by atoms with Crippen molar-refractivity contribution in [3.63, 3.8) is 0 Å². The third-order valence-corrected chi connectivity index (χ3v) is 6.54. The Bertz CT molecular complexity index is 1230. The first-order chi connectivity index (χ1) is 16.5. The van der Waals surface area contributed by atoms with Gasteiger partial charge in [0.05, 0.1) is 11.3 Å². The molecule has 0 unspecified atom stereocenters. The van der Waals surface area contributed by atoms with Gasteiger partial charge in [-0.25, -0.2) is 9.59 Å². The first-order valence-corrected chi connectivity index (χ1v) is 11.3. The second-order valence-corrected chi connectivity index (χ2v) is 8.50. The van der Waals surface area contributed by atoms with Crippen molar-refractivity contribution in [2.45, 2.75) is 24.8 Å². The van der Waals surface area contributed by atoms with E-state index >= 15 is 0 Å². The smallest absolute Gasteiger partial charge is 0.410 e. The van der Waals surface area contributed by atoms with Gasteiger partial charge in [-0.15, -0.1) is 0 Å². The number of anilines is 1. The maximum atomic E-state index is 13.0. The molecule has 3 aromatic rings. The van der Waals surface area contributed by atoms with Crippen molar-refractivity contribution in [3.05, 3.63) is 89.5 Å². The fourth-order valence-corrected chi connectivity index (χ4v) is 4.93. The highest BCUT2D eigenvalue weighted by Gasteiger charge is 2.37. The van der Waals surface area contributed by atoms with E-state index < -0.39 is 24.0 Å². The number of para-hydroxylation sites is 1. The fourth-order valence-electron chi connectivity index (χ4n) is 4.93. The standard InChI is InChI=1S/C27H24N2O5/c30-25(28-23-13-6-5-12-21(23)26(31)32)24-14-7-15-29(24)27(33)34-16-22-19-10-3-1-8-17(19)18-9-2-4-11-20(18)22/h1-6,8-13,22,24H,7,14-16H2,(H,28,30)(H,31,32)/t24-/m1/s1. The van der Waals surface area contributed by atoms with Crippen molar-refractivity contribution >= 4 is 23.7 Å². The lowest BCUT2D eigenvalue weighted by Gasteiger charge is -2.24. The van der Waals surface area contributed by atoms with Gasteiger partial charge in [0.1, 0.15) is 12.6 Å². The molecule has 7 heteroatoms. The number of ether oxygens (including phenoxy) is 1. The molecular formula is C27H24N2O5. The number of hydrogen-bond donors (Lipinski definition) is 2. The zero-order valence-corrected chi connectivity index (χ0v) is 18.4. The van der Waals surface area contributed by atoms with Crippen LogP contribution in [0.3, 0.4) is 0 Å². The van der Waals surface area contributed by atoms with Crippen LogP contribution in [0.25, 0.3) is 11.1 Å². The summed E-state index contributed by atoms with van der Waals surface area (Å²) in [6.07, 6.45) is 0.625. The van der Waals surface area contributed by atoms with E-state index in [-0.39, 0.29) is 23.8 Å². The summed E-state index contributed by atoms with van der Waals surface area (Å²) >= 11 is 0. The fraction of sp³-hybridized carbons (Fsp3) is 0.222. The average molecular weight is 456 g/mol. The van der Waals surface area contributed by atoms with Crippen LogP contribution >= 0.6 is 0 Å². The maximum absolute atomic E-state index is 13.0. The van der Waals surface area contributed by atoms with Crippen molar-refractivity contribution in [2.24, 2.45) is 0 Å². The van der Waals surface area contributed by atoms with Crippen LogP contribution in [0.2, 0.25) is 0 Å². The van der Waals surface area contributed by atoms with Crippen molar-refractivity contribution in [1.82, 2.24) is 4.90 Å². The molecule has 1 saturated heterocycles. The number of carbonyl (C=O) groups excluding carboxylic acids is 2. The number of fused-ring (bicyclic) bond motifs is 3. The molecule has 1 heterocycles. The summed E-state index contributed by atoms with van der Waals surface area (Å²) in [6, 6.07) is 21.7. The molecule has 172 valence electrons. The molecule has 1 fully saturated rings. The number of carboxylic acids is 1. The zero-order valence-electron chi connectivity index (χ0n) is 18.4. The van der Waals surface area contributed by atoms with E-state index in [1.165, 1.54) is 17.0 Å². The largest absolute Gasteiger partial charge is 0.478 e. The Morgan fingerprint density at radius 3 is 2.21 bits per heavy atom. The van der Waals surface area contributed by atoms with Crippen molar-refractivity contribution < 1.29 is 24.2 Å². The number of amides is 2. The number of aromatic carboxylic acids is 1. The Kier molecular flexibility index (Phi) is 5.76. The van der Waals surface area contributed by atoms with E-state index in [4.69, 9.17) is 4.74 Å². The lowest BCUT2D eigenvalue weighted by Crippen LogP contribution is -2.43. The summed E-state index contributed by atoms with van der Waals surface area (Å²) < 4.78 is 5.73. The lowest BCUT2D eigenvalue weighted by molar-refractivity contribution is -0.120. The van der Waals surface area contributed by atoms with Crippen molar-refractivity contribution in [1.29, 1.82) is 0 Å². The predicted molar refractivity (Wildman–Crippen MR) is 127 cm³/mol. The van der Waals surface area contributed by atoms with Gasteiger partial charge >= 0.3 is 12.1 Å². The number of nitrogens with zero attached hydrogens (tertiary/aromatic N) is 1. The quantitative estimate of drug-likeness (QED) is 0.578. The minimum Gasteiger partial charge on any atom is -0.478 e. The number of benzene rings is 3. The molecule has 5 rings (SSSR count). The summed E-state index contributed by atoms with van der Waals surface area (Å²) in [5.41, 5.74) is 4.75. The van der Waals surface area contributed by atoms with Gasteiger partial charge in [-0.3, -0.25) is 9.69 Å². The number of rotatable bonds is 5. The first kappa shape index (κ1) is 21.7. The van der Waals surface area contributed by atoms with Crippen molar-refractivity contribution in [3.8, 4) is 11.1 Å². The molecule has 1 aliphatic heterocycles. The highest BCUT2D eigenvalue weighted by molar-refractivity contribution is 6.03. The summed E-state index contributed by atoms with van der Waals surface area (Å²) in [5.74, 6) is -1.61. The van der Waals surface area contributed by atoms with Gasteiger partial charge < -0.3 is 15.2 Å². The van der Waals surface area contributed by atoms with Crippen LogP contribution in [-0.2, 0) is 9.53 Å². The Morgan fingerprint density at radius 2 is 1.53 bits per heavy atom. The molecule has 0 bridgehead atoms. The third-order valence-electron chi connectivity index (χ3n) is 6.54. The summed E-state index contributed by atoms with van der Waals surface area (Å²) in [4.78, 5) is 38.8. The van der Waals surface area contributed by atoms with E-state index in [0.717, 1.165) is 22.3 Å². The molecule has 0 aromatic heterocycles. The van der Waals surface area contributed by atoms with E-state index in [9.17, 15) is 19.5 Å². The first-order valence-electron chi connectivity index (χ1n) is 11.3. The number of carbonyl (C=O) groups is 3. The van der Waals surface area contributed by atoms with Gasteiger partial charge in [0, 0.05) is 12.5 Å². The monoisotopic (exact) mass is 456 g/mol. The lowest BCUT2D eigenvalue weighted by atomic mass is 9.98. The number of likely N-dealkylation sites (tertiary alicyclic amines) is 1. The minimum absolute atomic E-state index is 0.00142. The summed E-state index contributed by atoms with van der Waals surface area (Å²) in [5, 5.41) is 12.0. The van der Waals surface area contributed by atoms with Gasteiger partial charge in [0.2, 0.25) is 5.91 Å². The van der Waals surface area contributed by atoms with Crippen LogP contribution in [0.5, 0.6) is 0 Å². The molecule has 2 aliphatic rings. The Balaban J connectivity index is 1.28. The second kappa shape index (κ2) is 9.02. The Hall–Kier alpha value is -4.13. The zero-order chi connectivity index (χ0) is 23.7. The molecule has 0 radical (unpaired) electrons. The average Bonchev–Trinajstić information content (AvgIpc) is 3.46. The minimum atomic E-state index is -1.13. The molecule has 3 aromatic carbocycles. The van der Waals surface area contributed by atoms with Gasteiger partial charge in [-0.2, -0.15) is 0 Å². The van der Waals surface area contributed by atoms with E-state index in [1.807, 2.05) is 24.3 Å². The molecule has 1 aliphatic carbocycles. The van der Waals surface area contributed by atoms with Crippen LogP contribution in [-0.4, -0.2) is 47.2 Å². The molecule has 2 amide bonds. The molecule has 0 spiro atoms. The highest BCUT2D eigenvalue weighted by Crippen LogP contribution is 2.44. The second-order valence-electron chi connectivity index (χ2n) is 8.50. The van der Waals surface area contributed by atoms with E-state index in [0.29, 0.717) is 19.4 Å². The van der Waals surface area contributed by atoms with Crippen LogP contribution in [0.4, 0.5) is 10.5 Å². The van der Waals surface area contributed by atoms with Crippen LogP contribution in [0, 0.1) is 0 Å². The van der Waals surface area contributed by atoms with Gasteiger partial charge in [-0.05, 0) is 47.2 Å². The number of nitrogens with one attached hydrogen (secondary N) is 1. The van der Waals surface area contributed by atoms with E-state index in [2.05, 4.69) is 29.6 Å². The number of hydrogen-bond acceptors (Lipinski definition) is 4. The molecule has 0 saturated carbocycles. The molecule has 34 heavy (non-hydrogen) atoms. The van der Waals surface area contributed by atoms with Gasteiger partial charge in [0.25, 0.3) is 0 Å². The van der Waals surface area contributed by atoms with Crippen LogP contribution in [0.15, 0.2) is 72.8 Å². The van der Waals surface area contributed by atoms with E-state index in [1.54, 1.807) is 12.1 Å². The van der Waals surface area contributed by atoms with Crippen LogP contribution in [0.1, 0.15) is 40.2 Å². The predicted octanol–water partition coefficient (Wildman–Crippen LogP) is 4.74. The van der Waals surface area contributed by atoms with Gasteiger partial charge in [-0.1, -0.05) is 60.7 Å². The molecule has 2 N–H and O–H groups in total. The van der Waals surface area contributed by atoms with Gasteiger partial charge in [0.15, 0.2) is 0 Å². The maximum Gasteiger partial charge on any atom is 0.410 e. The highest BCUT2D eigenvalue weighted by atomic mass is 16.6. The third kappa shape index (κ3) is 3.90. The van der Waals surface area contributed by atoms with Crippen molar-refractivity contribution in [2.75, 3.05) is 18.5 Å². The molecule has 1 atom stereocenters. The molecular weight excluding hydrogens is 432 g/mol.